The van der Waals surface area contributed by atoms with Crippen molar-refractivity contribution in [3.63, 3.8) is 0 Å². The maximum Gasteiger partial charge on any atom is 0.317 e. The van der Waals surface area contributed by atoms with Gasteiger partial charge in [-0.25, -0.2) is 4.79 Å². The third-order valence-corrected chi connectivity index (χ3v) is 4.31. The number of carboxylic acids is 1. The second-order valence-corrected chi connectivity index (χ2v) is 6.89. The van der Waals surface area contributed by atoms with E-state index >= 15 is 0 Å². The van der Waals surface area contributed by atoms with E-state index in [0.717, 1.165) is 0 Å². The predicted octanol–water partition coefficient (Wildman–Crippen LogP) is 2.32. The van der Waals surface area contributed by atoms with Crippen LogP contribution >= 0.6 is 0 Å². The number of amides is 2. The highest BCUT2D eigenvalue weighted by atomic mass is 16.4. The van der Waals surface area contributed by atoms with E-state index in [4.69, 9.17) is 5.11 Å². The first-order valence-corrected chi connectivity index (χ1v) is 6.85. The summed E-state index contributed by atoms with van der Waals surface area (Å²) in [4.78, 5) is 25.0. The normalized spacial score (nSPS) is 20.8. The van der Waals surface area contributed by atoms with E-state index in [9.17, 15) is 9.59 Å². The molecule has 0 aliphatic carbocycles. The fraction of sp³-hybridized carbons (Fsp3) is 0.857. The number of rotatable bonds is 2. The number of hydrogen-bond acceptors (Lipinski definition) is 2. The van der Waals surface area contributed by atoms with Gasteiger partial charge in [-0.3, -0.25) is 4.79 Å². The van der Waals surface area contributed by atoms with Crippen LogP contribution in [0.4, 0.5) is 4.79 Å². The Balaban J connectivity index is 2.52. The topological polar surface area (TPSA) is 69.6 Å². The number of carbonyl (C=O) groups is 2. The van der Waals surface area contributed by atoms with Gasteiger partial charge in [-0.05, 0) is 32.1 Å². The second-order valence-electron chi connectivity index (χ2n) is 6.89. The van der Waals surface area contributed by atoms with E-state index in [1.54, 1.807) is 11.8 Å². The van der Waals surface area contributed by atoms with Crippen LogP contribution in [0.25, 0.3) is 0 Å². The molecule has 5 heteroatoms. The predicted molar refractivity (Wildman–Crippen MR) is 74.0 cm³/mol. The zero-order chi connectivity index (χ0) is 14.8. The fourth-order valence-corrected chi connectivity index (χ4v) is 1.91. The number of urea groups is 1. The molecule has 19 heavy (non-hydrogen) atoms. The van der Waals surface area contributed by atoms with Crippen molar-refractivity contribution in [2.45, 2.75) is 53.5 Å². The Morgan fingerprint density at radius 3 is 2.11 bits per heavy atom. The van der Waals surface area contributed by atoms with Crippen LogP contribution in [0, 0.1) is 10.8 Å². The van der Waals surface area contributed by atoms with Gasteiger partial charge in [-0.15, -0.1) is 0 Å². The lowest BCUT2D eigenvalue weighted by molar-refractivity contribution is -0.150. The Morgan fingerprint density at radius 2 is 1.74 bits per heavy atom. The molecule has 1 saturated heterocycles. The van der Waals surface area contributed by atoms with Gasteiger partial charge in [0, 0.05) is 19.1 Å². The SMILES string of the molecule is CC(NC(=O)N1CCC(C)(C(=O)O)CC1)C(C)(C)C. The van der Waals surface area contributed by atoms with E-state index in [1.165, 1.54) is 0 Å². The van der Waals surface area contributed by atoms with Gasteiger partial charge in [0.1, 0.15) is 0 Å². The Kier molecular flexibility index (Phi) is 4.48. The Bertz CT molecular complexity index is 352. The fourth-order valence-electron chi connectivity index (χ4n) is 1.91. The number of hydrogen-bond donors (Lipinski definition) is 2. The maximum atomic E-state index is 12.1. The van der Waals surface area contributed by atoms with Gasteiger partial charge in [-0.1, -0.05) is 20.8 Å². The summed E-state index contributed by atoms with van der Waals surface area (Å²) in [6, 6.07) is -0.0114. The first kappa shape index (κ1) is 15.8. The molecule has 1 atom stereocenters. The molecule has 1 aliphatic heterocycles. The molecule has 1 fully saturated rings. The van der Waals surface area contributed by atoms with Crippen molar-refractivity contribution in [3.8, 4) is 0 Å². The zero-order valence-electron chi connectivity index (χ0n) is 12.6. The van der Waals surface area contributed by atoms with E-state index in [2.05, 4.69) is 26.1 Å². The summed E-state index contributed by atoms with van der Waals surface area (Å²) in [5.74, 6) is -0.768. The molecular weight excluding hydrogens is 244 g/mol. The molecule has 1 heterocycles. The zero-order valence-corrected chi connectivity index (χ0v) is 12.6. The molecule has 2 amide bonds. The Labute approximate surface area is 115 Å². The summed E-state index contributed by atoms with van der Waals surface area (Å²) < 4.78 is 0. The lowest BCUT2D eigenvalue weighted by Crippen LogP contribution is -2.52. The van der Waals surface area contributed by atoms with E-state index in [-0.39, 0.29) is 17.5 Å². The van der Waals surface area contributed by atoms with Gasteiger partial charge in [0.25, 0.3) is 0 Å². The third-order valence-electron chi connectivity index (χ3n) is 4.31. The highest BCUT2D eigenvalue weighted by Crippen LogP contribution is 2.31. The van der Waals surface area contributed by atoms with Crippen molar-refractivity contribution >= 4 is 12.0 Å². The minimum Gasteiger partial charge on any atom is -0.481 e. The number of nitrogens with one attached hydrogen (secondary N) is 1. The van der Waals surface area contributed by atoms with E-state index in [1.807, 2.05) is 6.92 Å². The van der Waals surface area contributed by atoms with Gasteiger partial charge in [0.2, 0.25) is 0 Å². The molecule has 0 bridgehead atoms. The van der Waals surface area contributed by atoms with Crippen LogP contribution in [0.2, 0.25) is 0 Å². The van der Waals surface area contributed by atoms with Crippen LogP contribution in [0.15, 0.2) is 0 Å². The molecule has 0 spiro atoms. The van der Waals surface area contributed by atoms with Crippen molar-refractivity contribution < 1.29 is 14.7 Å². The highest BCUT2D eigenvalue weighted by Gasteiger charge is 2.38. The molecule has 2 N–H and O–H groups in total. The molecule has 5 nitrogen and oxygen atoms in total. The largest absolute Gasteiger partial charge is 0.481 e. The lowest BCUT2D eigenvalue weighted by atomic mass is 9.80. The van der Waals surface area contributed by atoms with Crippen LogP contribution < -0.4 is 5.32 Å². The van der Waals surface area contributed by atoms with Crippen molar-refractivity contribution in [1.29, 1.82) is 0 Å². The quantitative estimate of drug-likeness (QED) is 0.809. The Morgan fingerprint density at radius 1 is 1.26 bits per heavy atom. The molecule has 0 radical (unpaired) electrons. The standard InChI is InChI=1S/C14H26N2O3/c1-10(13(2,3)4)15-12(19)16-8-6-14(5,7-9-16)11(17)18/h10H,6-9H2,1-5H3,(H,15,19)(H,17,18). The van der Waals surface area contributed by atoms with Crippen LogP contribution in [-0.4, -0.2) is 41.1 Å². The minimum atomic E-state index is -0.768. The van der Waals surface area contributed by atoms with Crippen LogP contribution in [-0.2, 0) is 4.79 Å². The number of carbonyl (C=O) groups excluding carboxylic acids is 1. The highest BCUT2D eigenvalue weighted by molar-refractivity contribution is 5.77. The smallest absolute Gasteiger partial charge is 0.317 e. The van der Waals surface area contributed by atoms with Crippen LogP contribution in [0.1, 0.15) is 47.5 Å². The number of piperidine rings is 1. The summed E-state index contributed by atoms with van der Waals surface area (Å²) in [6.07, 6.45) is 1.03. The molecule has 1 unspecified atom stereocenters. The average Bonchev–Trinajstić information content (AvgIpc) is 2.28. The second kappa shape index (κ2) is 5.39. The number of likely N-dealkylation sites (tertiary alicyclic amines) is 1. The van der Waals surface area contributed by atoms with Gasteiger partial charge in [0.15, 0.2) is 0 Å². The van der Waals surface area contributed by atoms with Gasteiger partial charge >= 0.3 is 12.0 Å². The Hall–Kier alpha value is -1.26. The first-order chi connectivity index (χ1) is 8.56. The van der Waals surface area contributed by atoms with Crippen LogP contribution in [0.3, 0.4) is 0 Å². The van der Waals surface area contributed by atoms with E-state index < -0.39 is 11.4 Å². The van der Waals surface area contributed by atoms with Crippen LogP contribution in [0.5, 0.6) is 0 Å². The van der Waals surface area contributed by atoms with Crippen molar-refractivity contribution in [3.05, 3.63) is 0 Å². The van der Waals surface area contributed by atoms with Crippen molar-refractivity contribution in [1.82, 2.24) is 10.2 Å². The summed E-state index contributed by atoms with van der Waals surface area (Å²) in [5.41, 5.74) is -0.673. The molecule has 0 aromatic carbocycles. The molecule has 0 aromatic rings. The molecule has 0 saturated carbocycles. The average molecular weight is 270 g/mol. The number of aliphatic carboxylic acids is 1. The molecular formula is C14H26N2O3. The summed E-state index contributed by atoms with van der Waals surface area (Å²) >= 11 is 0. The van der Waals surface area contributed by atoms with Gasteiger partial charge in [0.05, 0.1) is 5.41 Å². The van der Waals surface area contributed by atoms with Crippen molar-refractivity contribution in [2.75, 3.05) is 13.1 Å². The summed E-state index contributed by atoms with van der Waals surface area (Å²) in [7, 11) is 0. The molecule has 1 aliphatic rings. The molecule has 0 aromatic heterocycles. The summed E-state index contributed by atoms with van der Waals surface area (Å²) in [6.45, 7) is 11.0. The maximum absolute atomic E-state index is 12.1. The monoisotopic (exact) mass is 270 g/mol. The molecule has 110 valence electrons. The van der Waals surface area contributed by atoms with Crippen molar-refractivity contribution in [2.24, 2.45) is 10.8 Å². The van der Waals surface area contributed by atoms with E-state index in [0.29, 0.717) is 25.9 Å². The minimum absolute atomic E-state index is 0.0149. The molecule has 1 rings (SSSR count). The van der Waals surface area contributed by atoms with Gasteiger partial charge in [-0.2, -0.15) is 0 Å². The first-order valence-electron chi connectivity index (χ1n) is 6.85. The summed E-state index contributed by atoms with van der Waals surface area (Å²) in [5, 5.41) is 12.1. The van der Waals surface area contributed by atoms with Gasteiger partial charge < -0.3 is 15.3 Å². The number of nitrogens with zero attached hydrogens (tertiary/aromatic N) is 1. The lowest BCUT2D eigenvalue weighted by Gasteiger charge is -2.38. The third kappa shape index (κ3) is 3.85. The number of carboxylic acid groups (broad SMARTS) is 1.